The van der Waals surface area contributed by atoms with Crippen LogP contribution in [0.5, 0.6) is 10.9 Å². The van der Waals surface area contributed by atoms with Crippen LogP contribution < -0.4 is 9.47 Å². The lowest BCUT2D eigenvalue weighted by atomic mass is 10.00. The van der Waals surface area contributed by atoms with Gasteiger partial charge < -0.3 is 14.4 Å². The van der Waals surface area contributed by atoms with Crippen molar-refractivity contribution in [2.45, 2.75) is 42.7 Å². The molecule has 1 aromatic heterocycles. The summed E-state index contributed by atoms with van der Waals surface area (Å²) in [5.41, 5.74) is 0. The van der Waals surface area contributed by atoms with Gasteiger partial charge in [0.25, 0.3) is 5.19 Å². The summed E-state index contributed by atoms with van der Waals surface area (Å²) in [6.45, 7) is 3.06. The molecular weight excluding hydrogens is 410 g/mol. The highest BCUT2D eigenvalue weighted by Crippen LogP contribution is 2.30. The Hall–Kier alpha value is -1.68. The van der Waals surface area contributed by atoms with Crippen LogP contribution in [0.4, 0.5) is 0 Å². The van der Waals surface area contributed by atoms with E-state index in [0.717, 1.165) is 44.0 Å². The molecule has 3 heterocycles. The Morgan fingerprint density at radius 1 is 1.07 bits per heavy atom. The minimum Gasteiger partial charge on any atom is -0.495 e. The van der Waals surface area contributed by atoms with Crippen LogP contribution in [-0.4, -0.2) is 68.0 Å². The summed E-state index contributed by atoms with van der Waals surface area (Å²) in [5.74, 6) is 0.400. The number of likely N-dealkylation sites (tertiary alicyclic amines) is 1. The van der Waals surface area contributed by atoms with Gasteiger partial charge in [0.2, 0.25) is 10.0 Å². The van der Waals surface area contributed by atoms with Crippen LogP contribution in [0.25, 0.3) is 0 Å². The molecule has 7 nitrogen and oxygen atoms in total. The van der Waals surface area contributed by atoms with Crippen molar-refractivity contribution in [2.24, 2.45) is 0 Å². The molecule has 0 atom stereocenters. The Bertz CT molecular complexity index is 888. The van der Waals surface area contributed by atoms with Gasteiger partial charge in [-0.25, -0.2) is 13.4 Å². The summed E-state index contributed by atoms with van der Waals surface area (Å²) in [6, 6.07) is 7.26. The van der Waals surface area contributed by atoms with E-state index in [1.807, 2.05) is 5.38 Å². The van der Waals surface area contributed by atoms with Crippen LogP contribution in [0.1, 0.15) is 25.7 Å². The van der Waals surface area contributed by atoms with E-state index in [2.05, 4.69) is 9.88 Å². The monoisotopic (exact) mass is 437 g/mol. The molecule has 0 N–H and O–H groups in total. The van der Waals surface area contributed by atoms with Crippen molar-refractivity contribution in [3.05, 3.63) is 35.8 Å². The van der Waals surface area contributed by atoms with Crippen molar-refractivity contribution in [3.8, 4) is 10.9 Å². The van der Waals surface area contributed by atoms with Crippen LogP contribution >= 0.6 is 11.3 Å². The largest absolute Gasteiger partial charge is 0.495 e. The van der Waals surface area contributed by atoms with Crippen molar-refractivity contribution in [1.82, 2.24) is 14.2 Å². The Morgan fingerprint density at radius 3 is 2.45 bits per heavy atom. The zero-order valence-electron chi connectivity index (χ0n) is 16.6. The highest BCUT2D eigenvalue weighted by atomic mass is 32.2. The standard InChI is InChI=1S/C20H27N3O4S2/c1-26-18-4-2-3-5-19(18)29(24,25)23-13-6-16(7-14-23)22-11-8-17(9-12-22)27-20-21-10-15-28-20/h2-5,10,15-17H,6-9,11-14H2,1H3. The number of rotatable bonds is 6. The van der Waals surface area contributed by atoms with E-state index in [9.17, 15) is 8.42 Å². The lowest BCUT2D eigenvalue weighted by Gasteiger charge is -2.41. The molecular formula is C20H27N3O4S2. The van der Waals surface area contributed by atoms with Gasteiger partial charge in [-0.2, -0.15) is 4.31 Å². The Morgan fingerprint density at radius 2 is 1.79 bits per heavy atom. The first-order valence-electron chi connectivity index (χ1n) is 10.0. The van der Waals surface area contributed by atoms with Gasteiger partial charge in [-0.1, -0.05) is 23.5 Å². The number of thiazole rings is 1. The van der Waals surface area contributed by atoms with Crippen LogP contribution in [0.2, 0.25) is 0 Å². The summed E-state index contributed by atoms with van der Waals surface area (Å²) in [5, 5.41) is 2.68. The summed E-state index contributed by atoms with van der Waals surface area (Å²) in [7, 11) is -2.03. The van der Waals surface area contributed by atoms with Crippen LogP contribution in [0, 0.1) is 0 Å². The van der Waals surface area contributed by atoms with Crippen LogP contribution in [0.3, 0.4) is 0 Å². The molecule has 0 bridgehead atoms. The fourth-order valence-corrected chi connectivity index (χ4v) is 6.37. The van der Waals surface area contributed by atoms with E-state index in [0.29, 0.717) is 24.9 Å². The fourth-order valence-electron chi connectivity index (χ4n) is 4.19. The third-order valence-corrected chi connectivity index (χ3v) is 8.38. The first-order chi connectivity index (χ1) is 14.1. The second-order valence-corrected chi connectivity index (χ2v) is 10.2. The van der Waals surface area contributed by atoms with E-state index in [-0.39, 0.29) is 11.0 Å². The van der Waals surface area contributed by atoms with E-state index < -0.39 is 10.0 Å². The average Bonchev–Trinajstić information content (AvgIpc) is 3.27. The zero-order valence-corrected chi connectivity index (χ0v) is 18.2. The highest BCUT2D eigenvalue weighted by Gasteiger charge is 2.34. The van der Waals surface area contributed by atoms with Gasteiger partial charge in [0.05, 0.1) is 7.11 Å². The Labute approximate surface area is 176 Å². The Kier molecular flexibility index (Phi) is 6.38. The molecule has 158 valence electrons. The highest BCUT2D eigenvalue weighted by molar-refractivity contribution is 7.89. The first-order valence-corrected chi connectivity index (χ1v) is 12.3. The van der Waals surface area contributed by atoms with Crippen molar-refractivity contribution in [3.63, 3.8) is 0 Å². The molecule has 0 unspecified atom stereocenters. The number of hydrogen-bond acceptors (Lipinski definition) is 7. The summed E-state index contributed by atoms with van der Waals surface area (Å²) < 4.78 is 38.9. The van der Waals surface area contributed by atoms with Gasteiger partial charge in [-0.05, 0) is 37.8 Å². The van der Waals surface area contributed by atoms with E-state index >= 15 is 0 Å². The summed E-state index contributed by atoms with van der Waals surface area (Å²) in [4.78, 5) is 6.95. The molecule has 0 saturated carbocycles. The van der Waals surface area contributed by atoms with Crippen molar-refractivity contribution in [2.75, 3.05) is 33.3 Å². The number of piperidine rings is 2. The maximum Gasteiger partial charge on any atom is 0.273 e. The number of benzene rings is 1. The molecule has 4 rings (SSSR count). The molecule has 1 aromatic carbocycles. The van der Waals surface area contributed by atoms with Gasteiger partial charge >= 0.3 is 0 Å². The summed E-state index contributed by atoms with van der Waals surface area (Å²) in [6.07, 6.45) is 5.67. The molecule has 0 amide bonds. The fraction of sp³-hybridized carbons (Fsp3) is 0.550. The zero-order chi connectivity index (χ0) is 20.3. The third kappa shape index (κ3) is 4.58. The number of sulfonamides is 1. The lowest BCUT2D eigenvalue weighted by Crippen LogP contribution is -2.50. The molecule has 29 heavy (non-hydrogen) atoms. The average molecular weight is 438 g/mol. The van der Waals surface area contributed by atoms with E-state index in [1.54, 1.807) is 34.8 Å². The smallest absolute Gasteiger partial charge is 0.273 e. The molecule has 0 aliphatic carbocycles. The van der Waals surface area contributed by atoms with Gasteiger partial charge in [0.1, 0.15) is 16.7 Å². The van der Waals surface area contributed by atoms with Crippen LogP contribution in [-0.2, 0) is 10.0 Å². The number of ether oxygens (including phenoxy) is 2. The van der Waals surface area contributed by atoms with Crippen LogP contribution in [0.15, 0.2) is 40.7 Å². The van der Waals surface area contributed by atoms with Crippen molar-refractivity contribution < 1.29 is 17.9 Å². The van der Waals surface area contributed by atoms with Crippen molar-refractivity contribution in [1.29, 1.82) is 0 Å². The molecule has 2 fully saturated rings. The van der Waals surface area contributed by atoms with Crippen molar-refractivity contribution >= 4 is 21.4 Å². The lowest BCUT2D eigenvalue weighted by molar-refractivity contribution is 0.0584. The van der Waals surface area contributed by atoms with Gasteiger partial charge in [0, 0.05) is 43.8 Å². The first kappa shape index (κ1) is 20.6. The summed E-state index contributed by atoms with van der Waals surface area (Å²) >= 11 is 1.53. The number of nitrogens with zero attached hydrogens (tertiary/aromatic N) is 3. The molecule has 0 spiro atoms. The predicted octanol–water partition coefficient (Wildman–Crippen LogP) is 2.85. The van der Waals surface area contributed by atoms with E-state index in [1.165, 1.54) is 18.4 Å². The minimum atomic E-state index is -3.53. The van der Waals surface area contributed by atoms with E-state index in [4.69, 9.17) is 9.47 Å². The Balaban J connectivity index is 1.31. The topological polar surface area (TPSA) is 72.0 Å². The number of methoxy groups -OCH3 is 1. The second kappa shape index (κ2) is 8.99. The maximum absolute atomic E-state index is 13.1. The SMILES string of the molecule is COc1ccccc1S(=O)(=O)N1CCC(N2CCC(Oc3nccs3)CC2)CC1. The number of aromatic nitrogens is 1. The molecule has 2 aliphatic rings. The predicted molar refractivity (Wildman–Crippen MR) is 112 cm³/mol. The molecule has 2 saturated heterocycles. The minimum absolute atomic E-state index is 0.225. The number of hydrogen-bond donors (Lipinski definition) is 0. The quantitative estimate of drug-likeness (QED) is 0.692. The molecule has 0 radical (unpaired) electrons. The molecule has 2 aliphatic heterocycles. The molecule has 9 heteroatoms. The van der Waals surface area contributed by atoms with Gasteiger partial charge in [-0.15, -0.1) is 0 Å². The molecule has 2 aromatic rings. The third-order valence-electron chi connectivity index (χ3n) is 5.78. The second-order valence-electron chi connectivity index (χ2n) is 7.44. The maximum atomic E-state index is 13.1. The normalized spacial score (nSPS) is 20.6. The number of para-hydroxylation sites is 1. The van der Waals surface area contributed by atoms with Gasteiger partial charge in [0.15, 0.2) is 0 Å². The van der Waals surface area contributed by atoms with Gasteiger partial charge in [-0.3, -0.25) is 0 Å².